The summed E-state index contributed by atoms with van der Waals surface area (Å²) in [4.78, 5) is 22.7. The first-order chi connectivity index (χ1) is 9.41. The van der Waals surface area contributed by atoms with Gasteiger partial charge in [0.25, 0.3) is 0 Å². The highest BCUT2D eigenvalue weighted by atomic mass is 127. The van der Waals surface area contributed by atoms with Gasteiger partial charge in [0.05, 0.1) is 17.1 Å². The maximum Gasteiger partial charge on any atom is 0.305 e. The van der Waals surface area contributed by atoms with Crippen LogP contribution >= 0.6 is 90.4 Å². The zero-order valence-electron chi connectivity index (χ0n) is 11.0. The number of unbranched alkanes of at least 4 members (excludes halogenated alkanes) is 1. The molecule has 0 aliphatic carbocycles. The van der Waals surface area contributed by atoms with Crippen LogP contribution < -0.4 is 0 Å². The highest BCUT2D eigenvalue weighted by Gasteiger charge is 2.07. The van der Waals surface area contributed by atoms with Gasteiger partial charge in [-0.3, -0.25) is 9.59 Å². The molecule has 0 N–H and O–H groups in total. The fourth-order valence-electron chi connectivity index (χ4n) is 1.21. The lowest BCUT2D eigenvalue weighted by atomic mass is 10.2. The van der Waals surface area contributed by atoms with E-state index in [0.29, 0.717) is 42.8 Å². The van der Waals surface area contributed by atoms with Crippen molar-refractivity contribution in [1.82, 2.24) is 0 Å². The summed E-state index contributed by atoms with van der Waals surface area (Å²) in [6, 6.07) is 0. The lowest BCUT2D eigenvalue weighted by Gasteiger charge is -2.06. The zero-order chi connectivity index (χ0) is 15.4. The Kier molecular flexibility index (Phi) is 15.8. The molecule has 0 aromatic heterocycles. The summed E-state index contributed by atoms with van der Waals surface area (Å²) in [6.07, 6.45) is 3.84. The standard InChI is InChI=1S/C12H18I4O4/c13-9(14)5-7-19-11(17)3-1-2-4-12(18)20-8-6-10(15)16/h9-10H,1-8H2. The molecule has 0 aromatic carbocycles. The zero-order valence-corrected chi connectivity index (χ0v) is 19.6. The van der Waals surface area contributed by atoms with Crippen molar-refractivity contribution in [2.24, 2.45) is 0 Å². The van der Waals surface area contributed by atoms with Crippen LogP contribution in [0.4, 0.5) is 0 Å². The first-order valence-electron chi connectivity index (χ1n) is 6.29. The van der Waals surface area contributed by atoms with Crippen LogP contribution in [0, 0.1) is 0 Å². The summed E-state index contributed by atoms with van der Waals surface area (Å²) in [5.74, 6) is -0.353. The highest BCUT2D eigenvalue weighted by Crippen LogP contribution is 2.15. The van der Waals surface area contributed by atoms with Crippen LogP contribution in [0.25, 0.3) is 0 Å². The number of esters is 2. The second-order valence-corrected chi connectivity index (χ2v) is 14.8. The SMILES string of the molecule is O=C(CCCCC(=O)OCCC(I)I)OCCC(I)I. The first kappa shape index (κ1) is 21.9. The molecule has 0 fully saturated rings. The topological polar surface area (TPSA) is 52.6 Å². The molecule has 0 radical (unpaired) electrons. The molecule has 118 valence electrons. The van der Waals surface area contributed by atoms with E-state index in [9.17, 15) is 9.59 Å². The average molecular weight is 734 g/mol. The molecule has 8 heteroatoms. The average Bonchev–Trinajstić information content (AvgIpc) is 2.33. The van der Waals surface area contributed by atoms with E-state index < -0.39 is 0 Å². The molecule has 0 aromatic rings. The Bertz CT molecular complexity index is 257. The third kappa shape index (κ3) is 16.2. The summed E-state index contributed by atoms with van der Waals surface area (Å²) in [5.41, 5.74) is 0. The van der Waals surface area contributed by atoms with E-state index in [-0.39, 0.29) is 11.9 Å². The van der Waals surface area contributed by atoms with Gasteiger partial charge >= 0.3 is 11.9 Å². The lowest BCUT2D eigenvalue weighted by molar-refractivity contribution is -0.145. The van der Waals surface area contributed by atoms with Gasteiger partial charge in [-0.05, 0) is 12.8 Å². The van der Waals surface area contributed by atoms with Crippen LogP contribution in [0.3, 0.4) is 0 Å². The minimum Gasteiger partial charge on any atom is -0.466 e. The van der Waals surface area contributed by atoms with Crippen molar-refractivity contribution in [2.45, 2.75) is 42.4 Å². The van der Waals surface area contributed by atoms with E-state index in [4.69, 9.17) is 9.47 Å². The van der Waals surface area contributed by atoms with E-state index >= 15 is 0 Å². The van der Waals surface area contributed by atoms with Crippen LogP contribution in [0.15, 0.2) is 0 Å². The Balaban J connectivity index is 3.41. The molecule has 0 amide bonds. The van der Waals surface area contributed by atoms with Gasteiger partial charge < -0.3 is 9.47 Å². The number of hydrogen-bond acceptors (Lipinski definition) is 4. The van der Waals surface area contributed by atoms with Crippen molar-refractivity contribution in [1.29, 1.82) is 0 Å². The van der Waals surface area contributed by atoms with Gasteiger partial charge in [-0.25, -0.2) is 0 Å². The Morgan fingerprint density at radius 2 is 1.10 bits per heavy atom. The molecule has 0 bridgehead atoms. The lowest BCUT2D eigenvalue weighted by Crippen LogP contribution is -2.09. The largest absolute Gasteiger partial charge is 0.466 e. The quantitative estimate of drug-likeness (QED) is 0.133. The van der Waals surface area contributed by atoms with Crippen molar-refractivity contribution < 1.29 is 19.1 Å². The Morgan fingerprint density at radius 1 is 0.750 bits per heavy atom. The molecule has 0 spiro atoms. The smallest absolute Gasteiger partial charge is 0.305 e. The number of carbonyl (C=O) groups excluding carboxylic acids is 2. The van der Waals surface area contributed by atoms with Gasteiger partial charge in [-0.1, -0.05) is 90.4 Å². The van der Waals surface area contributed by atoms with Gasteiger partial charge in [0.15, 0.2) is 0 Å². The third-order valence-corrected chi connectivity index (χ3v) is 4.70. The fourth-order valence-corrected chi connectivity index (χ4v) is 2.22. The maximum atomic E-state index is 11.4. The van der Waals surface area contributed by atoms with Gasteiger partial charge in [0, 0.05) is 25.7 Å². The van der Waals surface area contributed by atoms with Crippen molar-refractivity contribution in [3.63, 3.8) is 0 Å². The van der Waals surface area contributed by atoms with Crippen molar-refractivity contribution in [3.05, 3.63) is 0 Å². The Labute approximate surface area is 174 Å². The normalized spacial score (nSPS) is 10.9. The molecule has 0 aliphatic heterocycles. The van der Waals surface area contributed by atoms with Gasteiger partial charge in [0.1, 0.15) is 0 Å². The molecule has 20 heavy (non-hydrogen) atoms. The molecule has 0 aliphatic rings. The van der Waals surface area contributed by atoms with Gasteiger partial charge in [-0.15, -0.1) is 0 Å². The van der Waals surface area contributed by atoms with Crippen molar-refractivity contribution in [3.8, 4) is 0 Å². The molecule has 4 nitrogen and oxygen atoms in total. The van der Waals surface area contributed by atoms with E-state index in [2.05, 4.69) is 90.4 Å². The first-order valence-corrected chi connectivity index (χ1v) is 11.3. The second-order valence-electron chi connectivity index (χ2n) is 4.01. The van der Waals surface area contributed by atoms with E-state index in [1.54, 1.807) is 0 Å². The van der Waals surface area contributed by atoms with Gasteiger partial charge in [0.2, 0.25) is 0 Å². The third-order valence-electron chi connectivity index (χ3n) is 2.21. The number of halogens is 4. The molecular formula is C12H18I4O4. The van der Waals surface area contributed by atoms with Crippen molar-refractivity contribution in [2.75, 3.05) is 13.2 Å². The van der Waals surface area contributed by atoms with E-state index in [1.165, 1.54) is 0 Å². The molecule has 0 unspecified atom stereocenters. The van der Waals surface area contributed by atoms with Gasteiger partial charge in [-0.2, -0.15) is 0 Å². The summed E-state index contributed by atoms with van der Waals surface area (Å²) in [7, 11) is 0. The maximum absolute atomic E-state index is 11.4. The van der Waals surface area contributed by atoms with E-state index in [1.807, 2.05) is 0 Å². The minimum atomic E-state index is -0.176. The predicted octanol–water partition coefficient (Wildman–Crippen LogP) is 4.81. The molecule has 0 heterocycles. The second kappa shape index (κ2) is 14.5. The van der Waals surface area contributed by atoms with Crippen molar-refractivity contribution >= 4 is 102 Å². The predicted molar refractivity (Wildman–Crippen MR) is 113 cm³/mol. The molecular weight excluding hydrogens is 716 g/mol. The van der Waals surface area contributed by atoms with Crippen LogP contribution in [0.5, 0.6) is 0 Å². The fraction of sp³-hybridized carbons (Fsp3) is 0.833. The molecule has 0 atom stereocenters. The van der Waals surface area contributed by atoms with Crippen LogP contribution in [-0.2, 0) is 19.1 Å². The molecule has 0 rings (SSSR count). The molecule has 0 saturated heterocycles. The summed E-state index contributed by atoms with van der Waals surface area (Å²) in [5, 5.41) is 0. The Morgan fingerprint density at radius 3 is 1.40 bits per heavy atom. The monoisotopic (exact) mass is 734 g/mol. The number of ether oxygens (including phenoxy) is 2. The van der Waals surface area contributed by atoms with Crippen LogP contribution in [0.1, 0.15) is 38.5 Å². The highest BCUT2D eigenvalue weighted by molar-refractivity contribution is 14.2. The summed E-state index contributed by atoms with van der Waals surface area (Å²) >= 11 is 9.16. The van der Waals surface area contributed by atoms with E-state index in [0.717, 1.165) is 12.8 Å². The summed E-state index contributed by atoms with van der Waals surface area (Å²) < 4.78 is 11.1. The number of hydrogen-bond donors (Lipinski definition) is 0. The molecule has 0 saturated carbocycles. The summed E-state index contributed by atoms with van der Waals surface area (Å²) in [6.45, 7) is 0.955. The van der Waals surface area contributed by atoms with Crippen LogP contribution in [0.2, 0.25) is 0 Å². The minimum absolute atomic E-state index is 0.176. The Hall–Kier alpha value is 1.86. The number of carbonyl (C=O) groups is 2. The van der Waals surface area contributed by atoms with Crippen LogP contribution in [-0.4, -0.2) is 29.0 Å². The number of rotatable bonds is 11. The number of alkyl halides is 4.